The van der Waals surface area contributed by atoms with Crippen LogP contribution < -0.4 is 10.0 Å². The van der Waals surface area contributed by atoms with Gasteiger partial charge in [-0.1, -0.05) is 18.2 Å². The number of nitro groups is 1. The van der Waals surface area contributed by atoms with Gasteiger partial charge in [-0.25, -0.2) is 13.2 Å². The van der Waals surface area contributed by atoms with Crippen LogP contribution in [0.3, 0.4) is 0 Å². The van der Waals surface area contributed by atoms with Crippen LogP contribution in [0.2, 0.25) is 0 Å². The van der Waals surface area contributed by atoms with Crippen molar-refractivity contribution in [2.45, 2.75) is 23.8 Å². The lowest BCUT2D eigenvalue weighted by Gasteiger charge is -2.22. The second-order valence-electron chi connectivity index (χ2n) is 6.27. The molecule has 28 heavy (non-hydrogen) atoms. The minimum absolute atomic E-state index is 0.109. The molecule has 2 N–H and O–H groups in total. The number of nitrogens with zero attached hydrogens (tertiary/aromatic N) is 1. The molecule has 1 saturated heterocycles. The molecule has 0 amide bonds. The molecule has 1 fully saturated rings. The van der Waals surface area contributed by atoms with Gasteiger partial charge < -0.3 is 10.1 Å². The minimum atomic E-state index is -4.21. The van der Waals surface area contributed by atoms with Crippen LogP contribution in [-0.4, -0.2) is 38.5 Å². The fourth-order valence-corrected chi connectivity index (χ4v) is 4.11. The van der Waals surface area contributed by atoms with Crippen LogP contribution in [0.15, 0.2) is 53.4 Å². The predicted molar refractivity (Wildman–Crippen MR) is 102 cm³/mol. The van der Waals surface area contributed by atoms with E-state index < -0.39 is 31.5 Å². The summed E-state index contributed by atoms with van der Waals surface area (Å²) in [5, 5.41) is 14.3. The van der Waals surface area contributed by atoms with Gasteiger partial charge in [0.15, 0.2) is 4.90 Å². The Kier molecular flexibility index (Phi) is 5.90. The molecule has 0 aliphatic carbocycles. The van der Waals surface area contributed by atoms with E-state index in [9.17, 15) is 23.3 Å². The molecule has 1 heterocycles. The topological polar surface area (TPSA) is 128 Å². The van der Waals surface area contributed by atoms with Crippen molar-refractivity contribution in [2.24, 2.45) is 0 Å². The van der Waals surface area contributed by atoms with Crippen molar-refractivity contribution < 1.29 is 22.9 Å². The molecule has 9 nitrogen and oxygen atoms in total. The number of rotatable bonds is 6. The maximum absolute atomic E-state index is 12.6. The van der Waals surface area contributed by atoms with E-state index in [-0.39, 0.29) is 17.4 Å². The second kappa shape index (κ2) is 8.36. The number of piperidine rings is 1. The van der Waals surface area contributed by atoms with Crippen LogP contribution in [0.1, 0.15) is 23.2 Å². The monoisotopic (exact) mass is 405 g/mol. The number of ether oxygens (including phenoxy) is 1. The van der Waals surface area contributed by atoms with Gasteiger partial charge in [-0.3, -0.25) is 14.8 Å². The highest BCUT2D eigenvalue weighted by Crippen LogP contribution is 2.25. The van der Waals surface area contributed by atoms with Crippen LogP contribution in [0.25, 0.3) is 0 Å². The third kappa shape index (κ3) is 4.65. The highest BCUT2D eigenvalue weighted by atomic mass is 32.2. The predicted octanol–water partition coefficient (Wildman–Crippen LogP) is 2.30. The summed E-state index contributed by atoms with van der Waals surface area (Å²) in [6.45, 7) is 1.54. The molecule has 0 atom stereocenters. The first-order chi connectivity index (χ1) is 13.4. The van der Waals surface area contributed by atoms with E-state index in [1.165, 1.54) is 36.4 Å². The lowest BCUT2D eigenvalue weighted by atomic mass is 10.1. The lowest BCUT2D eigenvalue weighted by molar-refractivity contribution is -0.387. The first-order valence-electron chi connectivity index (χ1n) is 8.65. The molecule has 1 aliphatic heterocycles. The van der Waals surface area contributed by atoms with Crippen molar-refractivity contribution in [1.82, 2.24) is 5.32 Å². The number of nitro benzene ring substituents is 1. The number of benzene rings is 2. The zero-order valence-corrected chi connectivity index (χ0v) is 15.6. The first kappa shape index (κ1) is 19.8. The third-order valence-electron chi connectivity index (χ3n) is 4.26. The van der Waals surface area contributed by atoms with E-state index in [0.717, 1.165) is 38.1 Å². The smallest absolute Gasteiger partial charge is 0.338 e. The maximum atomic E-state index is 12.6. The standard InChI is InChI=1S/C18H19N3O6S/c22-18(27-15-8-10-19-11-9-15)13-4-3-5-14(12-13)20-28(25,26)17-7-2-1-6-16(17)21(23)24/h1-7,12,15,19-20H,8-11H2. The molecular formula is C18H19N3O6S. The van der Waals surface area contributed by atoms with Gasteiger partial charge in [-0.15, -0.1) is 0 Å². The van der Waals surface area contributed by atoms with Gasteiger partial charge in [0.25, 0.3) is 15.7 Å². The number of hydrogen-bond acceptors (Lipinski definition) is 7. The number of hydrogen-bond donors (Lipinski definition) is 2. The Morgan fingerprint density at radius 1 is 1.14 bits per heavy atom. The maximum Gasteiger partial charge on any atom is 0.338 e. The van der Waals surface area contributed by atoms with Gasteiger partial charge in [-0.2, -0.15) is 0 Å². The summed E-state index contributed by atoms with van der Waals surface area (Å²) < 4.78 is 32.9. The van der Waals surface area contributed by atoms with Crippen molar-refractivity contribution in [3.63, 3.8) is 0 Å². The molecule has 2 aromatic rings. The van der Waals surface area contributed by atoms with Gasteiger partial charge in [0.2, 0.25) is 0 Å². The van der Waals surface area contributed by atoms with Crippen molar-refractivity contribution in [1.29, 1.82) is 0 Å². The summed E-state index contributed by atoms with van der Waals surface area (Å²) in [5.74, 6) is -0.543. The largest absolute Gasteiger partial charge is 0.459 e. The molecule has 3 rings (SSSR count). The van der Waals surface area contributed by atoms with E-state index in [4.69, 9.17) is 4.74 Å². The molecule has 0 spiro atoms. The molecule has 0 unspecified atom stereocenters. The van der Waals surface area contributed by atoms with E-state index in [0.29, 0.717) is 0 Å². The molecule has 1 aliphatic rings. The molecule has 0 saturated carbocycles. The average molecular weight is 405 g/mol. The summed E-state index contributed by atoms with van der Waals surface area (Å²) >= 11 is 0. The van der Waals surface area contributed by atoms with E-state index >= 15 is 0 Å². The van der Waals surface area contributed by atoms with Gasteiger partial charge >= 0.3 is 5.97 Å². The number of sulfonamides is 1. The van der Waals surface area contributed by atoms with Crippen LogP contribution in [0.4, 0.5) is 11.4 Å². The van der Waals surface area contributed by atoms with E-state index in [1.807, 2.05) is 0 Å². The molecule has 0 aromatic heterocycles. The Labute approximate surface area is 161 Å². The lowest BCUT2D eigenvalue weighted by Crippen LogP contribution is -2.33. The molecule has 10 heteroatoms. The van der Waals surface area contributed by atoms with Crippen molar-refractivity contribution >= 4 is 27.4 Å². The minimum Gasteiger partial charge on any atom is -0.459 e. The zero-order valence-electron chi connectivity index (χ0n) is 14.8. The summed E-state index contributed by atoms with van der Waals surface area (Å²) in [6.07, 6.45) is 1.26. The first-order valence-corrected chi connectivity index (χ1v) is 10.1. The molecule has 148 valence electrons. The Bertz CT molecular complexity index is 986. The normalized spacial score (nSPS) is 15.0. The number of anilines is 1. The van der Waals surface area contributed by atoms with Crippen LogP contribution in [0.5, 0.6) is 0 Å². The van der Waals surface area contributed by atoms with Crippen molar-refractivity contribution in [3.05, 3.63) is 64.2 Å². The van der Waals surface area contributed by atoms with Crippen molar-refractivity contribution in [3.8, 4) is 0 Å². The van der Waals surface area contributed by atoms with Crippen LogP contribution in [-0.2, 0) is 14.8 Å². The van der Waals surface area contributed by atoms with Gasteiger partial charge in [0, 0.05) is 11.8 Å². The van der Waals surface area contributed by atoms with Crippen LogP contribution in [0, 0.1) is 10.1 Å². The molecule has 0 radical (unpaired) electrons. The van der Waals surface area contributed by atoms with Gasteiger partial charge in [0.05, 0.1) is 10.5 Å². The summed E-state index contributed by atoms with van der Waals surface area (Å²) in [7, 11) is -4.21. The third-order valence-corrected chi connectivity index (χ3v) is 5.69. The van der Waals surface area contributed by atoms with Gasteiger partial charge in [0.1, 0.15) is 6.10 Å². The number of carbonyl (C=O) groups excluding carboxylic acids is 1. The Hall–Kier alpha value is -2.98. The molecule has 2 aromatic carbocycles. The van der Waals surface area contributed by atoms with E-state index in [1.54, 1.807) is 0 Å². The highest BCUT2D eigenvalue weighted by Gasteiger charge is 2.25. The van der Waals surface area contributed by atoms with Crippen molar-refractivity contribution in [2.75, 3.05) is 17.8 Å². The Morgan fingerprint density at radius 2 is 1.86 bits per heavy atom. The Morgan fingerprint density at radius 3 is 2.57 bits per heavy atom. The number of nitrogens with one attached hydrogen (secondary N) is 2. The zero-order chi connectivity index (χ0) is 20.1. The second-order valence-corrected chi connectivity index (χ2v) is 7.92. The SMILES string of the molecule is O=C(OC1CCNCC1)c1cccc(NS(=O)(=O)c2ccccc2[N+](=O)[O-])c1. The fourth-order valence-electron chi connectivity index (χ4n) is 2.89. The quantitative estimate of drug-likeness (QED) is 0.429. The average Bonchev–Trinajstić information content (AvgIpc) is 2.68. The summed E-state index contributed by atoms with van der Waals surface area (Å²) in [6, 6.07) is 10.9. The molecular weight excluding hydrogens is 386 g/mol. The molecule has 0 bridgehead atoms. The van der Waals surface area contributed by atoms with Crippen LogP contribution >= 0.6 is 0 Å². The summed E-state index contributed by atoms with van der Waals surface area (Å²) in [5.41, 5.74) is -0.226. The number of esters is 1. The van der Waals surface area contributed by atoms with E-state index in [2.05, 4.69) is 10.0 Å². The van der Waals surface area contributed by atoms with Gasteiger partial charge in [-0.05, 0) is 50.2 Å². The fraction of sp³-hybridized carbons (Fsp3) is 0.278. The summed E-state index contributed by atoms with van der Waals surface area (Å²) in [4.78, 5) is 22.2. The number of carbonyl (C=O) groups is 1. The number of para-hydroxylation sites is 1. The Balaban J connectivity index is 1.79. The highest BCUT2D eigenvalue weighted by molar-refractivity contribution is 7.92.